The number of aryl methyl sites for hydroxylation is 1. The first kappa shape index (κ1) is 18.6. The summed E-state index contributed by atoms with van der Waals surface area (Å²) in [5, 5.41) is 10.2. The van der Waals surface area contributed by atoms with Crippen molar-refractivity contribution in [2.75, 3.05) is 6.26 Å². The van der Waals surface area contributed by atoms with Crippen LogP contribution in [0.1, 0.15) is 35.6 Å². The van der Waals surface area contributed by atoms with Crippen LogP contribution in [0.25, 0.3) is 10.9 Å². The number of carboxylic acids is 1. The summed E-state index contributed by atoms with van der Waals surface area (Å²) in [6.45, 7) is 0.337. The Bertz CT molecular complexity index is 1150. The summed E-state index contributed by atoms with van der Waals surface area (Å²) in [6, 6.07) is 12.5. The van der Waals surface area contributed by atoms with Crippen LogP contribution in [0.3, 0.4) is 0 Å². The van der Waals surface area contributed by atoms with Crippen LogP contribution in [0, 0.1) is 0 Å². The predicted octanol–water partition coefficient (Wildman–Crippen LogP) is 3.65. The SMILES string of the molecule is CS(=O)(=O)c1ccc(COc2ccc3[nH]c4c(c3c2)CCC4CC(=O)O)cc1. The number of H-pyrrole nitrogens is 1. The second kappa shape index (κ2) is 6.98. The Balaban J connectivity index is 1.52. The fourth-order valence-electron chi connectivity index (χ4n) is 3.83. The monoisotopic (exact) mass is 399 g/mol. The molecule has 0 spiro atoms. The maximum Gasteiger partial charge on any atom is 0.304 e. The molecule has 0 radical (unpaired) electrons. The largest absolute Gasteiger partial charge is 0.489 e. The average molecular weight is 399 g/mol. The van der Waals surface area contributed by atoms with E-state index in [0.29, 0.717) is 6.61 Å². The Morgan fingerprint density at radius 3 is 2.64 bits per heavy atom. The van der Waals surface area contributed by atoms with Gasteiger partial charge in [0.15, 0.2) is 9.84 Å². The quantitative estimate of drug-likeness (QED) is 0.659. The molecule has 146 valence electrons. The van der Waals surface area contributed by atoms with Gasteiger partial charge >= 0.3 is 5.97 Å². The molecule has 4 rings (SSSR count). The van der Waals surface area contributed by atoms with Gasteiger partial charge in [0.05, 0.1) is 11.3 Å². The molecule has 1 atom stereocenters. The summed E-state index contributed by atoms with van der Waals surface area (Å²) in [4.78, 5) is 14.7. The number of sulfone groups is 1. The minimum Gasteiger partial charge on any atom is -0.489 e. The second-order valence-corrected chi connectivity index (χ2v) is 9.28. The van der Waals surface area contributed by atoms with Gasteiger partial charge in [0, 0.05) is 28.8 Å². The Labute approximate surface area is 163 Å². The average Bonchev–Trinajstić information content (AvgIpc) is 3.19. The van der Waals surface area contributed by atoms with Crippen molar-refractivity contribution in [1.29, 1.82) is 0 Å². The van der Waals surface area contributed by atoms with Gasteiger partial charge in [-0.3, -0.25) is 4.79 Å². The van der Waals surface area contributed by atoms with Crippen LogP contribution in [0.15, 0.2) is 47.4 Å². The van der Waals surface area contributed by atoms with Gasteiger partial charge in [-0.15, -0.1) is 0 Å². The fourth-order valence-corrected chi connectivity index (χ4v) is 4.46. The van der Waals surface area contributed by atoms with Crippen LogP contribution in [-0.4, -0.2) is 30.7 Å². The molecule has 7 heteroatoms. The third kappa shape index (κ3) is 3.62. The van der Waals surface area contributed by atoms with Crippen LogP contribution >= 0.6 is 0 Å². The lowest BCUT2D eigenvalue weighted by Crippen LogP contribution is -2.03. The van der Waals surface area contributed by atoms with E-state index in [0.717, 1.165) is 40.8 Å². The Morgan fingerprint density at radius 2 is 1.96 bits per heavy atom. The Hall–Kier alpha value is -2.80. The zero-order valence-corrected chi connectivity index (χ0v) is 16.3. The highest BCUT2D eigenvalue weighted by atomic mass is 32.2. The predicted molar refractivity (Wildman–Crippen MR) is 105 cm³/mol. The highest BCUT2D eigenvalue weighted by Crippen LogP contribution is 2.40. The maximum absolute atomic E-state index is 11.5. The first-order valence-corrected chi connectivity index (χ1v) is 11.0. The molecule has 1 unspecified atom stereocenters. The van der Waals surface area contributed by atoms with E-state index in [9.17, 15) is 13.2 Å². The summed E-state index contributed by atoms with van der Waals surface area (Å²) in [6.07, 6.45) is 3.04. The Kier molecular flexibility index (Phi) is 4.63. The standard InChI is InChI=1S/C21H21NO5S/c1-28(25,26)16-6-2-13(3-7-16)12-27-15-5-9-19-18(11-15)17-8-4-14(10-20(23)24)21(17)22-19/h2-3,5-7,9,11,14,22H,4,8,10,12H2,1H3,(H,23,24). The van der Waals surface area contributed by atoms with Gasteiger partial charge in [-0.25, -0.2) is 8.42 Å². The van der Waals surface area contributed by atoms with Gasteiger partial charge in [-0.05, 0) is 54.3 Å². The molecule has 0 aliphatic heterocycles. The van der Waals surface area contributed by atoms with Crippen molar-refractivity contribution in [1.82, 2.24) is 4.98 Å². The molecule has 6 nitrogen and oxygen atoms in total. The van der Waals surface area contributed by atoms with Gasteiger partial charge in [0.1, 0.15) is 12.4 Å². The molecule has 2 aromatic carbocycles. The normalized spacial score (nSPS) is 16.2. The van der Waals surface area contributed by atoms with Crippen LogP contribution in [0.2, 0.25) is 0 Å². The molecular formula is C21H21NO5S. The number of nitrogens with one attached hydrogen (secondary N) is 1. The molecular weight excluding hydrogens is 378 g/mol. The summed E-state index contributed by atoms with van der Waals surface area (Å²) >= 11 is 0. The molecule has 2 N–H and O–H groups in total. The van der Waals surface area contributed by atoms with E-state index < -0.39 is 15.8 Å². The van der Waals surface area contributed by atoms with Crippen LogP contribution < -0.4 is 4.74 Å². The van der Waals surface area contributed by atoms with Crippen molar-refractivity contribution in [2.24, 2.45) is 0 Å². The van der Waals surface area contributed by atoms with Crippen molar-refractivity contribution in [3.8, 4) is 5.75 Å². The number of carbonyl (C=O) groups is 1. The van der Waals surface area contributed by atoms with E-state index in [-0.39, 0.29) is 17.2 Å². The molecule has 3 aromatic rings. The topological polar surface area (TPSA) is 96.5 Å². The highest BCUT2D eigenvalue weighted by Gasteiger charge is 2.28. The molecule has 1 aromatic heterocycles. The van der Waals surface area contributed by atoms with Crippen LogP contribution in [-0.2, 0) is 27.7 Å². The van der Waals surface area contributed by atoms with E-state index >= 15 is 0 Å². The lowest BCUT2D eigenvalue weighted by Gasteiger charge is -2.08. The number of aromatic nitrogens is 1. The minimum atomic E-state index is -3.20. The van der Waals surface area contributed by atoms with Crippen LogP contribution in [0.5, 0.6) is 5.75 Å². The molecule has 1 aliphatic carbocycles. The second-order valence-electron chi connectivity index (χ2n) is 7.26. The van der Waals surface area contributed by atoms with Gasteiger partial charge in [-0.1, -0.05) is 12.1 Å². The van der Waals surface area contributed by atoms with Crippen LogP contribution in [0.4, 0.5) is 0 Å². The van der Waals surface area contributed by atoms with E-state index in [1.807, 2.05) is 18.2 Å². The van der Waals surface area contributed by atoms with Gasteiger partial charge in [0.25, 0.3) is 0 Å². The molecule has 1 aliphatic rings. The molecule has 28 heavy (non-hydrogen) atoms. The van der Waals surface area contributed by atoms with E-state index in [1.54, 1.807) is 24.3 Å². The number of aliphatic carboxylic acids is 1. The summed E-state index contributed by atoms with van der Waals surface area (Å²) in [5.74, 6) is -0.0109. The fraction of sp³-hybridized carbons (Fsp3) is 0.286. The molecule has 0 amide bonds. The van der Waals surface area contributed by atoms with Crippen molar-refractivity contribution in [3.05, 3.63) is 59.3 Å². The molecule has 0 bridgehead atoms. The van der Waals surface area contributed by atoms with Crippen molar-refractivity contribution in [3.63, 3.8) is 0 Å². The lowest BCUT2D eigenvalue weighted by molar-refractivity contribution is -0.137. The van der Waals surface area contributed by atoms with E-state index in [1.165, 1.54) is 11.8 Å². The molecule has 0 fully saturated rings. The third-order valence-electron chi connectivity index (χ3n) is 5.24. The van der Waals surface area contributed by atoms with E-state index in [4.69, 9.17) is 9.84 Å². The Morgan fingerprint density at radius 1 is 1.21 bits per heavy atom. The molecule has 0 saturated carbocycles. The number of rotatable bonds is 6. The van der Waals surface area contributed by atoms with Crippen molar-refractivity contribution >= 4 is 26.7 Å². The summed E-state index contributed by atoms with van der Waals surface area (Å²) < 4.78 is 29.0. The number of benzene rings is 2. The smallest absolute Gasteiger partial charge is 0.304 e. The van der Waals surface area contributed by atoms with Gasteiger partial charge < -0.3 is 14.8 Å². The highest BCUT2D eigenvalue weighted by molar-refractivity contribution is 7.90. The van der Waals surface area contributed by atoms with Crippen molar-refractivity contribution < 1.29 is 23.1 Å². The minimum absolute atomic E-state index is 0.0395. The number of aromatic amines is 1. The van der Waals surface area contributed by atoms with Gasteiger partial charge in [-0.2, -0.15) is 0 Å². The number of hydrogen-bond donors (Lipinski definition) is 2. The zero-order chi connectivity index (χ0) is 19.9. The van der Waals surface area contributed by atoms with E-state index in [2.05, 4.69) is 4.98 Å². The number of hydrogen-bond acceptors (Lipinski definition) is 4. The van der Waals surface area contributed by atoms with Gasteiger partial charge in [0.2, 0.25) is 0 Å². The molecule has 0 saturated heterocycles. The first-order valence-electron chi connectivity index (χ1n) is 9.09. The zero-order valence-electron chi connectivity index (χ0n) is 15.4. The number of fused-ring (bicyclic) bond motifs is 3. The third-order valence-corrected chi connectivity index (χ3v) is 6.37. The molecule has 1 heterocycles. The lowest BCUT2D eigenvalue weighted by atomic mass is 10.0. The number of ether oxygens (including phenoxy) is 1. The summed E-state index contributed by atoms with van der Waals surface area (Å²) in [5.41, 5.74) is 4.09. The first-order chi connectivity index (χ1) is 13.3. The van der Waals surface area contributed by atoms with Crippen molar-refractivity contribution in [2.45, 2.75) is 36.7 Å². The maximum atomic E-state index is 11.5. The summed E-state index contributed by atoms with van der Waals surface area (Å²) in [7, 11) is -3.20. The number of carboxylic acid groups (broad SMARTS) is 1.